The molecule has 2 rings (SSSR count). The van der Waals surface area contributed by atoms with Crippen LogP contribution >= 0.6 is 0 Å². The molecule has 3 amide bonds. The molecule has 1 aliphatic rings. The van der Waals surface area contributed by atoms with Gasteiger partial charge in [-0.25, -0.2) is 4.79 Å². The van der Waals surface area contributed by atoms with E-state index in [9.17, 15) is 14.4 Å². The third kappa shape index (κ3) is 8.86. The van der Waals surface area contributed by atoms with E-state index >= 15 is 0 Å². The summed E-state index contributed by atoms with van der Waals surface area (Å²) in [4.78, 5) is 38.5. The molecule has 0 aromatic heterocycles. The number of amides is 3. The zero-order valence-corrected chi connectivity index (χ0v) is 19.0. The quantitative estimate of drug-likeness (QED) is 0.614. The fourth-order valence-electron chi connectivity index (χ4n) is 3.46. The summed E-state index contributed by atoms with van der Waals surface area (Å²) in [7, 11) is 1.62. The highest BCUT2D eigenvalue weighted by molar-refractivity contribution is 5.81. The van der Waals surface area contributed by atoms with Crippen LogP contribution < -0.4 is 15.4 Å². The van der Waals surface area contributed by atoms with Crippen LogP contribution in [0.1, 0.15) is 45.6 Å². The van der Waals surface area contributed by atoms with Crippen LogP contribution in [-0.2, 0) is 20.7 Å². The number of rotatable bonds is 8. The van der Waals surface area contributed by atoms with Crippen LogP contribution in [0.3, 0.4) is 0 Å². The zero-order valence-electron chi connectivity index (χ0n) is 19.0. The van der Waals surface area contributed by atoms with Gasteiger partial charge in [0.05, 0.1) is 13.0 Å². The van der Waals surface area contributed by atoms with Crippen molar-refractivity contribution in [1.29, 1.82) is 0 Å². The Kier molecular flexibility index (Phi) is 9.15. The molecule has 8 nitrogen and oxygen atoms in total. The molecule has 1 aromatic carbocycles. The van der Waals surface area contributed by atoms with Crippen LogP contribution in [0.15, 0.2) is 24.3 Å². The third-order valence-electron chi connectivity index (χ3n) is 5.00. The number of alkyl carbamates (subject to hydrolysis) is 1. The Morgan fingerprint density at radius 1 is 1.16 bits per heavy atom. The number of hydrogen-bond donors (Lipinski definition) is 2. The molecule has 172 valence electrons. The van der Waals surface area contributed by atoms with E-state index in [0.717, 1.165) is 24.2 Å². The fraction of sp³-hybridized carbons (Fsp3) is 0.609. The number of methoxy groups -OCH3 is 1. The molecule has 0 radical (unpaired) electrons. The molecule has 1 unspecified atom stereocenters. The lowest BCUT2D eigenvalue weighted by atomic mass is 9.96. The number of ether oxygens (including phenoxy) is 2. The van der Waals surface area contributed by atoms with E-state index in [1.54, 1.807) is 32.8 Å². The van der Waals surface area contributed by atoms with E-state index in [0.29, 0.717) is 32.5 Å². The number of nitrogens with one attached hydrogen (secondary N) is 2. The Morgan fingerprint density at radius 2 is 1.90 bits per heavy atom. The molecule has 8 heteroatoms. The van der Waals surface area contributed by atoms with Gasteiger partial charge in [0.2, 0.25) is 11.8 Å². The number of hydrogen-bond acceptors (Lipinski definition) is 5. The van der Waals surface area contributed by atoms with Gasteiger partial charge in [-0.1, -0.05) is 12.1 Å². The van der Waals surface area contributed by atoms with E-state index in [1.807, 2.05) is 24.3 Å². The lowest BCUT2D eigenvalue weighted by Gasteiger charge is -2.32. The highest BCUT2D eigenvalue weighted by Crippen LogP contribution is 2.19. The SMILES string of the molecule is COc1cccc(CCC(=O)N2CCCC(C(=O)NCCNC(=O)OC(C)(C)C)C2)c1. The van der Waals surface area contributed by atoms with Crippen molar-refractivity contribution in [2.45, 2.75) is 52.1 Å². The largest absolute Gasteiger partial charge is 0.497 e. The molecule has 31 heavy (non-hydrogen) atoms. The molecule has 1 aromatic rings. The number of nitrogens with zero attached hydrogens (tertiary/aromatic N) is 1. The van der Waals surface area contributed by atoms with Crippen molar-refractivity contribution in [3.63, 3.8) is 0 Å². The summed E-state index contributed by atoms with van der Waals surface area (Å²) in [5.74, 6) is 0.528. The maximum atomic E-state index is 12.6. The number of piperidine rings is 1. The average Bonchev–Trinajstić information content (AvgIpc) is 2.74. The molecule has 0 spiro atoms. The second-order valence-corrected chi connectivity index (χ2v) is 8.75. The van der Waals surface area contributed by atoms with Crippen molar-refractivity contribution < 1.29 is 23.9 Å². The van der Waals surface area contributed by atoms with Crippen molar-refractivity contribution in [3.05, 3.63) is 29.8 Å². The summed E-state index contributed by atoms with van der Waals surface area (Å²) in [5.41, 5.74) is 0.495. The lowest BCUT2D eigenvalue weighted by Crippen LogP contribution is -2.46. The predicted octanol–water partition coefficient (Wildman–Crippen LogP) is 2.51. The number of benzene rings is 1. The Hall–Kier alpha value is -2.77. The van der Waals surface area contributed by atoms with Gasteiger partial charge in [0.1, 0.15) is 11.4 Å². The summed E-state index contributed by atoms with van der Waals surface area (Å²) in [6.45, 7) is 7.10. The summed E-state index contributed by atoms with van der Waals surface area (Å²) < 4.78 is 10.4. The summed E-state index contributed by atoms with van der Waals surface area (Å²) >= 11 is 0. The highest BCUT2D eigenvalue weighted by Gasteiger charge is 2.28. The topological polar surface area (TPSA) is 97.0 Å². The van der Waals surface area contributed by atoms with Crippen LogP contribution in [0, 0.1) is 5.92 Å². The Balaban J connectivity index is 1.72. The zero-order chi connectivity index (χ0) is 22.9. The molecule has 1 heterocycles. The van der Waals surface area contributed by atoms with E-state index in [4.69, 9.17) is 9.47 Å². The fourth-order valence-corrected chi connectivity index (χ4v) is 3.46. The molecule has 0 aliphatic carbocycles. The standard InChI is InChI=1S/C23H35N3O5/c1-23(2,3)31-22(29)25-13-12-24-21(28)18-8-6-14-26(16-18)20(27)11-10-17-7-5-9-19(15-17)30-4/h5,7,9,15,18H,6,8,10-14,16H2,1-4H3,(H,24,28)(H,25,29). The maximum absolute atomic E-state index is 12.6. The molecule has 1 atom stereocenters. The van der Waals surface area contributed by atoms with Gasteiger partial charge in [-0.3, -0.25) is 9.59 Å². The molecule has 2 N–H and O–H groups in total. The Bertz CT molecular complexity index is 760. The van der Waals surface area contributed by atoms with Crippen molar-refractivity contribution >= 4 is 17.9 Å². The monoisotopic (exact) mass is 433 g/mol. The first kappa shape index (κ1) is 24.5. The van der Waals surface area contributed by atoms with Gasteiger partial charge in [0.25, 0.3) is 0 Å². The molecular weight excluding hydrogens is 398 g/mol. The van der Waals surface area contributed by atoms with Gasteiger partial charge < -0.3 is 25.0 Å². The molecule has 1 fully saturated rings. The van der Waals surface area contributed by atoms with Gasteiger partial charge in [0, 0.05) is 32.6 Å². The predicted molar refractivity (Wildman–Crippen MR) is 118 cm³/mol. The van der Waals surface area contributed by atoms with E-state index in [2.05, 4.69) is 10.6 Å². The minimum atomic E-state index is -0.558. The van der Waals surface area contributed by atoms with Crippen molar-refractivity contribution in [2.75, 3.05) is 33.3 Å². The Labute approximate surface area is 184 Å². The highest BCUT2D eigenvalue weighted by atomic mass is 16.6. The summed E-state index contributed by atoms with van der Waals surface area (Å²) in [6, 6.07) is 7.71. The molecule has 1 saturated heterocycles. The van der Waals surface area contributed by atoms with Crippen LogP contribution in [0.5, 0.6) is 5.75 Å². The van der Waals surface area contributed by atoms with Gasteiger partial charge in [0.15, 0.2) is 0 Å². The van der Waals surface area contributed by atoms with Crippen LogP contribution in [0.2, 0.25) is 0 Å². The van der Waals surface area contributed by atoms with Crippen LogP contribution in [0.4, 0.5) is 4.79 Å². The first-order chi connectivity index (χ1) is 14.7. The van der Waals surface area contributed by atoms with Crippen LogP contribution in [0.25, 0.3) is 0 Å². The second kappa shape index (κ2) is 11.6. The first-order valence-electron chi connectivity index (χ1n) is 10.8. The smallest absolute Gasteiger partial charge is 0.407 e. The van der Waals surface area contributed by atoms with E-state index in [-0.39, 0.29) is 24.3 Å². The first-order valence-corrected chi connectivity index (χ1v) is 10.8. The van der Waals surface area contributed by atoms with Crippen LogP contribution in [-0.4, -0.2) is 61.7 Å². The van der Waals surface area contributed by atoms with Crippen molar-refractivity contribution in [3.8, 4) is 5.75 Å². The van der Waals surface area contributed by atoms with Crippen molar-refractivity contribution in [2.24, 2.45) is 5.92 Å². The van der Waals surface area contributed by atoms with Gasteiger partial charge in [-0.05, 0) is 57.7 Å². The summed E-state index contributed by atoms with van der Waals surface area (Å²) in [5, 5.41) is 5.46. The molecule has 1 aliphatic heterocycles. The second-order valence-electron chi connectivity index (χ2n) is 8.75. The molecule has 0 bridgehead atoms. The minimum absolute atomic E-state index is 0.0620. The van der Waals surface area contributed by atoms with Crippen molar-refractivity contribution in [1.82, 2.24) is 15.5 Å². The van der Waals surface area contributed by atoms with E-state index < -0.39 is 11.7 Å². The Morgan fingerprint density at radius 3 is 2.61 bits per heavy atom. The minimum Gasteiger partial charge on any atom is -0.497 e. The number of carbonyl (C=O) groups is 3. The number of likely N-dealkylation sites (tertiary alicyclic amines) is 1. The number of aryl methyl sites for hydroxylation is 1. The normalized spacial score (nSPS) is 16.4. The molecular formula is C23H35N3O5. The van der Waals surface area contributed by atoms with Gasteiger partial charge in [-0.15, -0.1) is 0 Å². The van der Waals surface area contributed by atoms with Gasteiger partial charge in [-0.2, -0.15) is 0 Å². The maximum Gasteiger partial charge on any atom is 0.407 e. The lowest BCUT2D eigenvalue weighted by molar-refractivity contribution is -0.135. The van der Waals surface area contributed by atoms with E-state index in [1.165, 1.54) is 0 Å². The summed E-state index contributed by atoms with van der Waals surface area (Å²) in [6.07, 6.45) is 2.10. The average molecular weight is 434 g/mol. The number of carbonyl (C=O) groups excluding carboxylic acids is 3. The van der Waals surface area contributed by atoms with Gasteiger partial charge >= 0.3 is 6.09 Å². The molecule has 0 saturated carbocycles. The third-order valence-corrected chi connectivity index (χ3v) is 5.00.